The summed E-state index contributed by atoms with van der Waals surface area (Å²) in [6.45, 7) is 6.25. The zero-order valence-electron chi connectivity index (χ0n) is 12.4. The van der Waals surface area contributed by atoms with Crippen molar-refractivity contribution >= 4 is 11.8 Å². The number of hydrogen-bond donors (Lipinski definition) is 2. The van der Waals surface area contributed by atoms with Crippen LogP contribution in [0.2, 0.25) is 0 Å². The Morgan fingerprint density at radius 3 is 2.16 bits per heavy atom. The SMILES string of the molecule is C[N+]1(C)CC[N+](C)(CCNC(=O)CCC(N)=O)CC1. The van der Waals surface area contributed by atoms with Gasteiger partial charge in [-0.15, -0.1) is 0 Å². The smallest absolute Gasteiger partial charge is 0.220 e. The molecule has 1 aliphatic heterocycles. The van der Waals surface area contributed by atoms with Gasteiger partial charge in [0.25, 0.3) is 0 Å². The van der Waals surface area contributed by atoms with E-state index in [1.54, 1.807) is 0 Å². The summed E-state index contributed by atoms with van der Waals surface area (Å²) in [5.74, 6) is -0.510. The molecule has 19 heavy (non-hydrogen) atoms. The predicted octanol–water partition coefficient (Wildman–Crippen LogP) is -1.10. The lowest BCUT2D eigenvalue weighted by atomic mass is 10.2. The zero-order chi connectivity index (χ0) is 14.5. The summed E-state index contributed by atoms with van der Waals surface area (Å²) >= 11 is 0. The van der Waals surface area contributed by atoms with Crippen LogP contribution in [-0.2, 0) is 9.59 Å². The Kier molecular flexibility index (Phi) is 5.31. The maximum Gasteiger partial charge on any atom is 0.220 e. The molecular weight excluding hydrogens is 244 g/mol. The number of quaternary nitrogens is 2. The van der Waals surface area contributed by atoms with Gasteiger partial charge in [0.1, 0.15) is 26.2 Å². The number of nitrogens with two attached hydrogens (primary N) is 1. The third-order valence-electron chi connectivity index (χ3n) is 4.06. The lowest BCUT2D eigenvalue weighted by molar-refractivity contribution is -1.01. The van der Waals surface area contributed by atoms with Crippen LogP contribution in [0.1, 0.15) is 12.8 Å². The minimum atomic E-state index is -0.426. The van der Waals surface area contributed by atoms with Crippen molar-refractivity contribution in [3.8, 4) is 0 Å². The molecule has 0 unspecified atom stereocenters. The first-order chi connectivity index (χ1) is 8.72. The molecular formula is C13H28N4O2+2. The second kappa shape index (κ2) is 6.34. The maximum absolute atomic E-state index is 11.5. The molecule has 0 spiro atoms. The molecule has 1 rings (SSSR count). The highest BCUT2D eigenvalue weighted by molar-refractivity contribution is 5.82. The molecule has 0 saturated carbocycles. The number of hydrogen-bond acceptors (Lipinski definition) is 2. The van der Waals surface area contributed by atoms with Crippen molar-refractivity contribution in [3.05, 3.63) is 0 Å². The van der Waals surface area contributed by atoms with Gasteiger partial charge in [-0.25, -0.2) is 0 Å². The third-order valence-corrected chi connectivity index (χ3v) is 4.06. The van der Waals surface area contributed by atoms with Gasteiger partial charge in [0.05, 0.1) is 34.2 Å². The van der Waals surface area contributed by atoms with Gasteiger partial charge in [0, 0.05) is 12.8 Å². The number of nitrogens with one attached hydrogen (secondary N) is 1. The van der Waals surface area contributed by atoms with Crippen LogP contribution in [0.5, 0.6) is 0 Å². The van der Waals surface area contributed by atoms with E-state index >= 15 is 0 Å². The number of carbonyl (C=O) groups is 2. The van der Waals surface area contributed by atoms with Gasteiger partial charge >= 0.3 is 0 Å². The van der Waals surface area contributed by atoms with Gasteiger partial charge < -0.3 is 20.0 Å². The topological polar surface area (TPSA) is 72.2 Å². The van der Waals surface area contributed by atoms with E-state index in [1.165, 1.54) is 13.1 Å². The van der Waals surface area contributed by atoms with Gasteiger partial charge in [-0.3, -0.25) is 9.59 Å². The molecule has 0 aromatic rings. The Morgan fingerprint density at radius 2 is 1.63 bits per heavy atom. The molecule has 0 bridgehead atoms. The standard InChI is InChI=1S/C13H26N4O2/c1-16(2)8-10-17(3,11-9-16)7-6-15-13(19)5-4-12(14)18/h4-11H2,1-3H3,(H-2,14,15,18,19)/p+2. The van der Waals surface area contributed by atoms with Gasteiger partial charge in [0.2, 0.25) is 11.8 Å². The predicted molar refractivity (Wildman–Crippen MR) is 74.1 cm³/mol. The van der Waals surface area contributed by atoms with Gasteiger partial charge in [-0.2, -0.15) is 0 Å². The lowest BCUT2D eigenvalue weighted by Gasteiger charge is -2.44. The van der Waals surface area contributed by atoms with Gasteiger partial charge in [0.15, 0.2) is 0 Å². The number of nitrogens with zero attached hydrogens (tertiary/aromatic N) is 2. The Bertz CT molecular complexity index is 332. The van der Waals surface area contributed by atoms with Crippen molar-refractivity contribution in [1.82, 2.24) is 5.32 Å². The van der Waals surface area contributed by atoms with Crippen molar-refractivity contribution in [3.63, 3.8) is 0 Å². The van der Waals surface area contributed by atoms with Crippen LogP contribution in [0.3, 0.4) is 0 Å². The molecule has 1 aliphatic rings. The molecule has 0 radical (unpaired) electrons. The molecule has 2 amide bonds. The molecule has 0 aliphatic carbocycles. The number of rotatable bonds is 6. The molecule has 0 atom stereocenters. The first kappa shape index (κ1) is 15.9. The van der Waals surface area contributed by atoms with Gasteiger partial charge in [-0.1, -0.05) is 0 Å². The third kappa shape index (κ3) is 6.02. The summed E-state index contributed by atoms with van der Waals surface area (Å²) in [5.41, 5.74) is 5.01. The minimum Gasteiger partial charge on any atom is -0.370 e. The Morgan fingerprint density at radius 1 is 1.05 bits per heavy atom. The van der Waals surface area contributed by atoms with Crippen LogP contribution in [-0.4, -0.2) is 81.2 Å². The summed E-state index contributed by atoms with van der Waals surface area (Å²) in [5, 5.41) is 2.86. The number of carbonyl (C=O) groups excluding carboxylic acids is 2. The monoisotopic (exact) mass is 272 g/mol. The van der Waals surface area contributed by atoms with Crippen molar-refractivity contribution in [2.45, 2.75) is 12.8 Å². The number of amides is 2. The zero-order valence-corrected chi connectivity index (χ0v) is 12.4. The Labute approximate surface area is 115 Å². The summed E-state index contributed by atoms with van der Waals surface area (Å²) in [6.07, 6.45) is 0.326. The fraction of sp³-hybridized carbons (Fsp3) is 0.846. The summed E-state index contributed by atoms with van der Waals surface area (Å²) in [7, 11) is 6.76. The van der Waals surface area contributed by atoms with Crippen LogP contribution in [0.25, 0.3) is 0 Å². The molecule has 0 aromatic heterocycles. The second-order valence-electron chi connectivity index (χ2n) is 6.49. The highest BCUT2D eigenvalue weighted by Crippen LogP contribution is 2.12. The average Bonchev–Trinajstić information content (AvgIpc) is 2.31. The van der Waals surface area contributed by atoms with Gasteiger partial charge in [-0.05, 0) is 0 Å². The molecule has 1 saturated heterocycles. The van der Waals surface area contributed by atoms with E-state index in [4.69, 9.17) is 5.73 Å². The van der Waals surface area contributed by atoms with E-state index < -0.39 is 5.91 Å². The van der Waals surface area contributed by atoms with Crippen molar-refractivity contribution in [2.75, 3.05) is 60.4 Å². The Hall–Kier alpha value is -1.14. The largest absolute Gasteiger partial charge is 0.370 e. The second-order valence-corrected chi connectivity index (χ2v) is 6.49. The fourth-order valence-electron chi connectivity index (χ4n) is 2.26. The quantitative estimate of drug-likeness (QED) is 0.603. The van der Waals surface area contributed by atoms with E-state index in [2.05, 4.69) is 26.5 Å². The molecule has 0 aromatic carbocycles. The van der Waals surface area contributed by atoms with Crippen molar-refractivity contribution in [1.29, 1.82) is 0 Å². The minimum absolute atomic E-state index is 0.0847. The molecule has 1 fully saturated rings. The summed E-state index contributed by atoms with van der Waals surface area (Å²) in [4.78, 5) is 22.0. The van der Waals surface area contributed by atoms with E-state index in [0.29, 0.717) is 6.54 Å². The average molecular weight is 272 g/mol. The normalized spacial score (nSPS) is 20.8. The summed E-state index contributed by atoms with van der Waals surface area (Å²) in [6, 6.07) is 0. The van der Waals surface area contributed by atoms with Crippen molar-refractivity contribution < 1.29 is 18.6 Å². The van der Waals surface area contributed by atoms with E-state index in [-0.39, 0.29) is 18.7 Å². The summed E-state index contributed by atoms with van der Waals surface area (Å²) < 4.78 is 2.09. The lowest BCUT2D eigenvalue weighted by Crippen LogP contribution is -2.63. The van der Waals surface area contributed by atoms with Crippen LogP contribution in [0.15, 0.2) is 0 Å². The van der Waals surface area contributed by atoms with Crippen LogP contribution in [0.4, 0.5) is 0 Å². The fourth-order valence-corrected chi connectivity index (χ4v) is 2.26. The first-order valence-electron chi connectivity index (χ1n) is 6.93. The Balaban J connectivity index is 2.22. The van der Waals surface area contributed by atoms with Crippen LogP contribution in [0, 0.1) is 0 Å². The molecule has 1 heterocycles. The van der Waals surface area contributed by atoms with E-state index in [0.717, 1.165) is 28.6 Å². The maximum atomic E-state index is 11.5. The molecule has 6 heteroatoms. The van der Waals surface area contributed by atoms with E-state index in [1.807, 2.05) is 0 Å². The highest BCUT2D eigenvalue weighted by Gasteiger charge is 2.33. The molecule has 110 valence electrons. The van der Waals surface area contributed by atoms with Crippen molar-refractivity contribution in [2.24, 2.45) is 5.73 Å². The number of piperazine rings is 1. The first-order valence-corrected chi connectivity index (χ1v) is 6.93. The highest BCUT2D eigenvalue weighted by atomic mass is 16.2. The van der Waals surface area contributed by atoms with E-state index in [9.17, 15) is 9.59 Å². The molecule has 3 N–H and O–H groups in total. The number of primary amides is 1. The van der Waals surface area contributed by atoms with Crippen LogP contribution < -0.4 is 11.1 Å². The number of likely N-dealkylation sites (N-methyl/N-ethyl adjacent to an activating group) is 2. The molecule has 6 nitrogen and oxygen atoms in total. The van der Waals surface area contributed by atoms with Crippen LogP contribution >= 0.6 is 0 Å².